The number of rotatable bonds is 9. The summed E-state index contributed by atoms with van der Waals surface area (Å²) in [6.45, 7) is 10.3. The number of benzene rings is 1. The highest BCUT2D eigenvalue weighted by atomic mass is 32.1. The van der Waals surface area contributed by atoms with Gasteiger partial charge in [-0.3, -0.25) is 4.79 Å². The molecule has 1 aliphatic rings. The number of ether oxygens (including phenoxy) is 2. The van der Waals surface area contributed by atoms with Crippen LogP contribution in [0.4, 0.5) is 5.69 Å². The zero-order valence-corrected chi connectivity index (χ0v) is 25.9. The summed E-state index contributed by atoms with van der Waals surface area (Å²) in [6.07, 6.45) is 1.65. The lowest BCUT2D eigenvalue weighted by atomic mass is 9.93. The molecule has 1 amide bonds. The Balaban J connectivity index is 1.90. The minimum Gasteiger partial charge on any atom is -0.464 e. The third-order valence-corrected chi connectivity index (χ3v) is 9.59. The number of fused-ring (bicyclic) bond motifs is 3. The zero-order chi connectivity index (χ0) is 29.0. The number of esters is 2. The highest BCUT2D eigenvalue weighted by Crippen LogP contribution is 2.43. The van der Waals surface area contributed by atoms with Gasteiger partial charge in [-0.05, 0) is 60.2 Å². The SMILES string of the molecule is CCCNC(=O)c1ccc(-c2cc3c(cc2C(=O)OCC[Si](C)(C)C)-c2sccc2CCN3C)c(C(=O)OC)n1. The maximum absolute atomic E-state index is 13.7. The number of nitrogens with zero attached hydrogens (tertiary/aromatic N) is 2. The largest absolute Gasteiger partial charge is 0.464 e. The second-order valence-corrected chi connectivity index (χ2v) is 17.7. The van der Waals surface area contributed by atoms with E-state index in [1.165, 1.54) is 12.7 Å². The van der Waals surface area contributed by atoms with Crippen molar-refractivity contribution >= 4 is 42.9 Å². The molecule has 0 spiro atoms. The average molecular weight is 580 g/mol. The normalized spacial score (nSPS) is 12.7. The number of amides is 1. The fraction of sp³-hybridized carbons (Fsp3) is 0.400. The summed E-state index contributed by atoms with van der Waals surface area (Å²) in [5.41, 5.74) is 4.46. The van der Waals surface area contributed by atoms with E-state index < -0.39 is 20.0 Å². The van der Waals surface area contributed by atoms with Gasteiger partial charge in [0, 0.05) is 55.5 Å². The number of likely N-dealkylation sites (N-methyl/N-ethyl adjacent to an activating group) is 1. The number of carbonyl (C=O) groups is 3. The van der Waals surface area contributed by atoms with Gasteiger partial charge in [0.05, 0.1) is 19.3 Å². The lowest BCUT2D eigenvalue weighted by Gasteiger charge is -2.23. The van der Waals surface area contributed by atoms with E-state index in [2.05, 4.69) is 46.3 Å². The van der Waals surface area contributed by atoms with Crippen molar-refractivity contribution in [1.29, 1.82) is 0 Å². The van der Waals surface area contributed by atoms with Crippen molar-refractivity contribution in [3.8, 4) is 21.6 Å². The van der Waals surface area contributed by atoms with Gasteiger partial charge >= 0.3 is 11.9 Å². The number of thiophene rings is 1. The molecule has 0 bridgehead atoms. The highest BCUT2D eigenvalue weighted by Gasteiger charge is 2.28. The molecule has 2 aromatic heterocycles. The first-order chi connectivity index (χ1) is 19.0. The molecule has 1 aromatic carbocycles. The van der Waals surface area contributed by atoms with Crippen molar-refractivity contribution in [3.63, 3.8) is 0 Å². The summed E-state index contributed by atoms with van der Waals surface area (Å²) in [5, 5.41) is 4.86. The van der Waals surface area contributed by atoms with Crippen LogP contribution < -0.4 is 10.2 Å². The van der Waals surface area contributed by atoms with Crippen molar-refractivity contribution in [2.45, 2.75) is 45.5 Å². The van der Waals surface area contributed by atoms with E-state index in [0.717, 1.165) is 41.6 Å². The zero-order valence-electron chi connectivity index (χ0n) is 24.1. The van der Waals surface area contributed by atoms with Crippen molar-refractivity contribution in [2.75, 3.05) is 38.8 Å². The fourth-order valence-corrected chi connectivity index (χ4v) is 6.26. The molecule has 0 aliphatic carbocycles. The first-order valence-electron chi connectivity index (χ1n) is 13.5. The molecule has 1 aliphatic heterocycles. The number of pyridine rings is 1. The molecule has 212 valence electrons. The van der Waals surface area contributed by atoms with Crippen LogP contribution in [0.2, 0.25) is 25.7 Å². The number of hydrogen-bond acceptors (Lipinski definition) is 8. The second-order valence-electron chi connectivity index (χ2n) is 11.1. The molecule has 0 saturated carbocycles. The molecular weight excluding hydrogens is 542 g/mol. The van der Waals surface area contributed by atoms with Crippen LogP contribution >= 0.6 is 11.3 Å². The molecule has 3 heterocycles. The first-order valence-corrected chi connectivity index (χ1v) is 18.1. The summed E-state index contributed by atoms with van der Waals surface area (Å²) in [5.74, 6) is -1.53. The first kappa shape index (κ1) is 29.5. The van der Waals surface area contributed by atoms with Gasteiger partial charge in [0.15, 0.2) is 5.69 Å². The predicted molar refractivity (Wildman–Crippen MR) is 162 cm³/mol. The van der Waals surface area contributed by atoms with Crippen molar-refractivity contribution in [3.05, 3.63) is 58.2 Å². The lowest BCUT2D eigenvalue weighted by Crippen LogP contribution is -2.26. The van der Waals surface area contributed by atoms with Gasteiger partial charge in [0.1, 0.15) is 5.69 Å². The predicted octanol–water partition coefficient (Wildman–Crippen LogP) is 5.89. The summed E-state index contributed by atoms with van der Waals surface area (Å²) < 4.78 is 10.9. The van der Waals surface area contributed by atoms with Crippen LogP contribution in [-0.2, 0) is 15.9 Å². The molecule has 0 radical (unpaired) electrons. The number of anilines is 1. The van der Waals surface area contributed by atoms with Gasteiger partial charge in [0.25, 0.3) is 5.91 Å². The Morgan fingerprint density at radius 1 is 1.07 bits per heavy atom. The van der Waals surface area contributed by atoms with Crippen LogP contribution in [0.25, 0.3) is 21.6 Å². The van der Waals surface area contributed by atoms with E-state index >= 15 is 0 Å². The maximum Gasteiger partial charge on any atom is 0.357 e. The molecule has 3 aromatic rings. The Labute approximate surface area is 240 Å². The maximum atomic E-state index is 13.7. The summed E-state index contributed by atoms with van der Waals surface area (Å²) in [4.78, 5) is 46.9. The third kappa shape index (κ3) is 6.44. The molecule has 40 heavy (non-hydrogen) atoms. The topological polar surface area (TPSA) is 97.8 Å². The molecule has 0 fully saturated rings. The van der Waals surface area contributed by atoms with E-state index in [1.807, 2.05) is 26.1 Å². The van der Waals surface area contributed by atoms with Crippen LogP contribution in [0.3, 0.4) is 0 Å². The summed E-state index contributed by atoms with van der Waals surface area (Å²) in [6, 6.07) is 10.0. The van der Waals surface area contributed by atoms with Gasteiger partial charge in [-0.25, -0.2) is 14.6 Å². The van der Waals surface area contributed by atoms with Crippen LogP contribution in [-0.4, -0.2) is 64.8 Å². The van der Waals surface area contributed by atoms with E-state index in [-0.39, 0.29) is 17.3 Å². The Hall–Kier alpha value is -3.50. The average Bonchev–Trinajstić information content (AvgIpc) is 3.36. The number of carbonyl (C=O) groups excluding carboxylic acids is 3. The van der Waals surface area contributed by atoms with Crippen LogP contribution in [0, 0.1) is 0 Å². The molecular formula is C30H37N3O5SSi. The molecule has 4 rings (SSSR count). The molecule has 8 nitrogen and oxygen atoms in total. The Bertz CT molecular complexity index is 1430. The van der Waals surface area contributed by atoms with E-state index in [0.29, 0.717) is 29.8 Å². The summed E-state index contributed by atoms with van der Waals surface area (Å²) in [7, 11) is 1.86. The number of hydrogen-bond donors (Lipinski definition) is 1. The van der Waals surface area contributed by atoms with E-state index in [1.54, 1.807) is 23.5 Å². The minimum absolute atomic E-state index is 0.0316. The third-order valence-electron chi connectivity index (χ3n) is 6.89. The Morgan fingerprint density at radius 3 is 2.55 bits per heavy atom. The van der Waals surface area contributed by atoms with Crippen molar-refractivity contribution in [1.82, 2.24) is 10.3 Å². The highest BCUT2D eigenvalue weighted by molar-refractivity contribution is 7.13. The second kappa shape index (κ2) is 12.3. The fourth-order valence-electron chi connectivity index (χ4n) is 4.57. The van der Waals surface area contributed by atoms with Gasteiger partial charge < -0.3 is 19.7 Å². The van der Waals surface area contributed by atoms with Crippen LogP contribution in [0.5, 0.6) is 0 Å². The molecule has 10 heteroatoms. The lowest BCUT2D eigenvalue weighted by molar-refractivity contribution is 0.0524. The smallest absolute Gasteiger partial charge is 0.357 e. The van der Waals surface area contributed by atoms with Gasteiger partial charge in [-0.2, -0.15) is 0 Å². The molecule has 0 atom stereocenters. The standard InChI is InChI=1S/C30H37N3O5SSi/c1-7-12-31-28(34)24-9-8-20(26(32-24)30(36)37-3)21-18-25-23(27-19(11-15-39-27)10-13-33(25)2)17-22(21)29(35)38-14-16-40(4,5)6/h8-9,11,15,17-18H,7,10,12-14,16H2,1-6H3,(H,31,34). The van der Waals surface area contributed by atoms with E-state index in [9.17, 15) is 14.4 Å². The number of aromatic nitrogens is 1. The van der Waals surface area contributed by atoms with Crippen molar-refractivity contribution < 1.29 is 23.9 Å². The van der Waals surface area contributed by atoms with Gasteiger partial charge in [0.2, 0.25) is 0 Å². The quantitative estimate of drug-likeness (QED) is 0.249. The van der Waals surface area contributed by atoms with Gasteiger partial charge in [-0.15, -0.1) is 11.3 Å². The molecule has 1 N–H and O–H groups in total. The Kier molecular flexibility index (Phi) is 9.10. The number of nitrogens with one attached hydrogen (secondary N) is 1. The van der Waals surface area contributed by atoms with E-state index in [4.69, 9.17) is 9.47 Å². The van der Waals surface area contributed by atoms with Crippen molar-refractivity contribution in [2.24, 2.45) is 0 Å². The number of methoxy groups -OCH3 is 1. The van der Waals surface area contributed by atoms with Crippen LogP contribution in [0.1, 0.15) is 50.2 Å². The van der Waals surface area contributed by atoms with Crippen LogP contribution in [0.15, 0.2) is 35.7 Å². The minimum atomic E-state index is -1.43. The molecule has 0 saturated heterocycles. The van der Waals surface area contributed by atoms with Gasteiger partial charge in [-0.1, -0.05) is 26.6 Å². The molecule has 0 unspecified atom stereocenters. The summed E-state index contributed by atoms with van der Waals surface area (Å²) >= 11 is 1.65. The monoisotopic (exact) mass is 579 g/mol. The Morgan fingerprint density at radius 2 is 1.85 bits per heavy atom.